The molecule has 2 atom stereocenters. The first-order chi connectivity index (χ1) is 8.74. The molecular weight excluding hydrogens is 250 g/mol. The molecule has 2 unspecified atom stereocenters. The van der Waals surface area contributed by atoms with Crippen molar-refractivity contribution in [1.29, 1.82) is 0 Å². The number of anilines is 1. The Labute approximate surface area is 110 Å². The Bertz CT molecular complexity index is 448. The number of thiazole rings is 1. The van der Waals surface area contributed by atoms with Crippen LogP contribution >= 0.6 is 11.3 Å². The molecule has 2 aliphatic rings. The van der Waals surface area contributed by atoms with E-state index in [4.69, 9.17) is 10.5 Å². The summed E-state index contributed by atoms with van der Waals surface area (Å²) in [4.78, 5) is 18.4. The minimum atomic E-state index is 0.153. The Morgan fingerprint density at radius 2 is 2.50 bits per heavy atom. The molecule has 2 fully saturated rings. The van der Waals surface area contributed by atoms with Gasteiger partial charge in [-0.25, -0.2) is 4.98 Å². The third-order valence-corrected chi connectivity index (χ3v) is 4.43. The van der Waals surface area contributed by atoms with Crippen molar-refractivity contribution in [2.75, 3.05) is 18.9 Å². The lowest BCUT2D eigenvalue weighted by molar-refractivity contribution is -0.143. The average molecular weight is 267 g/mol. The summed E-state index contributed by atoms with van der Waals surface area (Å²) in [7, 11) is 0. The maximum Gasteiger partial charge on any atom is 0.229 e. The molecule has 98 valence electrons. The lowest BCUT2D eigenvalue weighted by Crippen LogP contribution is -2.51. The number of nitrogen functional groups attached to an aromatic ring is 1. The smallest absolute Gasteiger partial charge is 0.229 e. The van der Waals surface area contributed by atoms with Gasteiger partial charge in [0.2, 0.25) is 5.91 Å². The zero-order valence-corrected chi connectivity index (χ0v) is 11.0. The Hall–Kier alpha value is -1.14. The van der Waals surface area contributed by atoms with Crippen molar-refractivity contribution < 1.29 is 9.53 Å². The topological polar surface area (TPSA) is 68.5 Å². The Kier molecular flexibility index (Phi) is 3.22. The van der Waals surface area contributed by atoms with Crippen molar-refractivity contribution in [3.8, 4) is 0 Å². The van der Waals surface area contributed by atoms with E-state index in [0.29, 0.717) is 24.7 Å². The van der Waals surface area contributed by atoms with Crippen LogP contribution < -0.4 is 5.73 Å². The molecule has 18 heavy (non-hydrogen) atoms. The number of nitrogens with zero attached hydrogens (tertiary/aromatic N) is 2. The van der Waals surface area contributed by atoms with Crippen LogP contribution in [0.25, 0.3) is 0 Å². The summed E-state index contributed by atoms with van der Waals surface area (Å²) in [5.41, 5.74) is 6.36. The number of ether oxygens (including phenoxy) is 1. The largest absolute Gasteiger partial charge is 0.375 e. The number of rotatable bonds is 2. The second-order valence-corrected chi connectivity index (χ2v) is 5.74. The Morgan fingerprint density at radius 3 is 3.28 bits per heavy atom. The molecule has 0 aromatic carbocycles. The molecule has 2 heterocycles. The van der Waals surface area contributed by atoms with E-state index in [1.165, 1.54) is 11.3 Å². The zero-order valence-electron chi connectivity index (χ0n) is 10.2. The molecule has 0 spiro atoms. The number of morpholine rings is 1. The number of nitrogens with two attached hydrogens (primary N) is 1. The number of hydrogen-bond acceptors (Lipinski definition) is 5. The fourth-order valence-electron chi connectivity index (χ4n) is 2.90. The lowest BCUT2D eigenvalue weighted by atomic mass is 10.1. The minimum Gasteiger partial charge on any atom is -0.375 e. The standard InChI is InChI=1S/C12H17N3O2S/c13-12-14-8(7-18-12)6-11(16)15-4-5-17-10-3-1-2-9(10)15/h7,9-10H,1-6H2,(H2,13,14). The van der Waals surface area contributed by atoms with Crippen molar-refractivity contribution in [1.82, 2.24) is 9.88 Å². The van der Waals surface area contributed by atoms with E-state index in [1.807, 2.05) is 10.3 Å². The number of fused-ring (bicyclic) bond motifs is 1. The van der Waals surface area contributed by atoms with Gasteiger partial charge in [-0.15, -0.1) is 11.3 Å². The molecule has 1 aromatic heterocycles. The van der Waals surface area contributed by atoms with Crippen molar-refractivity contribution in [3.05, 3.63) is 11.1 Å². The van der Waals surface area contributed by atoms with Crippen LogP contribution in [-0.4, -0.2) is 41.1 Å². The van der Waals surface area contributed by atoms with E-state index in [2.05, 4.69) is 4.98 Å². The fourth-order valence-corrected chi connectivity index (χ4v) is 3.46. The van der Waals surface area contributed by atoms with Gasteiger partial charge in [-0.3, -0.25) is 4.79 Å². The van der Waals surface area contributed by atoms with Crippen molar-refractivity contribution in [3.63, 3.8) is 0 Å². The summed E-state index contributed by atoms with van der Waals surface area (Å²) in [6, 6.07) is 0.280. The molecular formula is C12H17N3O2S. The van der Waals surface area contributed by atoms with Gasteiger partial charge in [0.05, 0.1) is 30.9 Å². The zero-order chi connectivity index (χ0) is 12.5. The third-order valence-electron chi connectivity index (χ3n) is 3.70. The number of amides is 1. The van der Waals surface area contributed by atoms with Crippen LogP contribution in [0.15, 0.2) is 5.38 Å². The highest BCUT2D eigenvalue weighted by molar-refractivity contribution is 7.13. The van der Waals surface area contributed by atoms with Gasteiger partial charge in [-0.1, -0.05) is 0 Å². The number of carbonyl (C=O) groups excluding carboxylic acids is 1. The van der Waals surface area contributed by atoms with Crippen LogP contribution in [0.4, 0.5) is 5.13 Å². The van der Waals surface area contributed by atoms with Gasteiger partial charge in [0.25, 0.3) is 0 Å². The second-order valence-electron chi connectivity index (χ2n) is 4.85. The molecule has 0 radical (unpaired) electrons. The highest BCUT2D eigenvalue weighted by Gasteiger charge is 2.38. The maximum atomic E-state index is 12.3. The van der Waals surface area contributed by atoms with E-state index in [0.717, 1.165) is 25.0 Å². The highest BCUT2D eigenvalue weighted by atomic mass is 32.1. The van der Waals surface area contributed by atoms with Gasteiger partial charge in [0.1, 0.15) is 0 Å². The van der Waals surface area contributed by atoms with Gasteiger partial charge < -0.3 is 15.4 Å². The van der Waals surface area contributed by atoms with Crippen LogP contribution in [0.1, 0.15) is 25.0 Å². The predicted octanol–water partition coefficient (Wildman–Crippen LogP) is 1.05. The molecule has 0 bridgehead atoms. The van der Waals surface area contributed by atoms with Crippen molar-refractivity contribution >= 4 is 22.4 Å². The monoisotopic (exact) mass is 267 g/mol. The average Bonchev–Trinajstić information content (AvgIpc) is 2.97. The molecule has 1 aromatic rings. The van der Waals surface area contributed by atoms with Crippen LogP contribution in [0.2, 0.25) is 0 Å². The summed E-state index contributed by atoms with van der Waals surface area (Å²) < 4.78 is 5.71. The molecule has 3 rings (SSSR count). The van der Waals surface area contributed by atoms with Gasteiger partial charge in [-0.2, -0.15) is 0 Å². The summed E-state index contributed by atoms with van der Waals surface area (Å²) in [6.07, 6.45) is 3.91. The molecule has 2 N–H and O–H groups in total. The number of aromatic nitrogens is 1. The summed E-state index contributed by atoms with van der Waals surface area (Å²) in [5.74, 6) is 0.153. The maximum absolute atomic E-state index is 12.3. The van der Waals surface area contributed by atoms with E-state index in [-0.39, 0.29) is 18.1 Å². The fraction of sp³-hybridized carbons (Fsp3) is 0.667. The molecule has 1 amide bonds. The first-order valence-corrected chi connectivity index (χ1v) is 7.23. The lowest BCUT2D eigenvalue weighted by Gasteiger charge is -2.37. The van der Waals surface area contributed by atoms with Gasteiger partial charge in [0.15, 0.2) is 5.13 Å². The van der Waals surface area contributed by atoms with Crippen LogP contribution in [-0.2, 0) is 16.0 Å². The summed E-state index contributed by atoms with van der Waals surface area (Å²) in [5, 5.41) is 2.39. The van der Waals surface area contributed by atoms with Gasteiger partial charge >= 0.3 is 0 Å². The Morgan fingerprint density at radius 1 is 1.61 bits per heavy atom. The Balaban J connectivity index is 1.68. The first-order valence-electron chi connectivity index (χ1n) is 6.35. The van der Waals surface area contributed by atoms with Gasteiger partial charge in [-0.05, 0) is 19.3 Å². The SMILES string of the molecule is Nc1nc(CC(=O)N2CCOC3CCCC32)cs1. The van der Waals surface area contributed by atoms with E-state index >= 15 is 0 Å². The van der Waals surface area contributed by atoms with Crippen LogP contribution in [0.3, 0.4) is 0 Å². The summed E-state index contributed by atoms with van der Waals surface area (Å²) in [6.45, 7) is 1.37. The molecule has 6 heteroatoms. The summed E-state index contributed by atoms with van der Waals surface area (Å²) >= 11 is 1.38. The van der Waals surface area contributed by atoms with Crippen molar-refractivity contribution in [2.24, 2.45) is 0 Å². The quantitative estimate of drug-likeness (QED) is 0.869. The molecule has 1 aliphatic heterocycles. The van der Waals surface area contributed by atoms with Gasteiger partial charge in [0, 0.05) is 11.9 Å². The number of hydrogen-bond donors (Lipinski definition) is 1. The van der Waals surface area contributed by atoms with Crippen molar-refractivity contribution in [2.45, 2.75) is 37.8 Å². The molecule has 1 saturated heterocycles. The normalized spacial score (nSPS) is 27.2. The molecule has 5 nitrogen and oxygen atoms in total. The highest BCUT2D eigenvalue weighted by Crippen LogP contribution is 2.30. The minimum absolute atomic E-state index is 0.153. The van der Waals surface area contributed by atoms with E-state index in [9.17, 15) is 4.79 Å². The van der Waals surface area contributed by atoms with E-state index in [1.54, 1.807) is 0 Å². The first kappa shape index (κ1) is 11.9. The number of carbonyl (C=O) groups is 1. The van der Waals surface area contributed by atoms with Crippen LogP contribution in [0.5, 0.6) is 0 Å². The molecule has 1 aliphatic carbocycles. The second kappa shape index (κ2) is 4.85. The van der Waals surface area contributed by atoms with Crippen LogP contribution in [0, 0.1) is 0 Å². The molecule has 1 saturated carbocycles. The van der Waals surface area contributed by atoms with E-state index < -0.39 is 0 Å². The predicted molar refractivity (Wildman–Crippen MR) is 69.3 cm³/mol. The third kappa shape index (κ3) is 2.22.